The van der Waals surface area contributed by atoms with E-state index in [0.29, 0.717) is 37.6 Å². The number of hydrogen-bond acceptors (Lipinski definition) is 7. The standard InChI is InChI=1S/C17H22N4O5/c1-20(16(22)12-9-24-10-18-12)6-4-7-21(2)17(23)14-15(26-11-19-14)13-5-3-8-25-13/h9-11,13H,3-8H2,1-2H3. The van der Waals surface area contributed by atoms with Crippen molar-refractivity contribution in [1.82, 2.24) is 19.8 Å². The van der Waals surface area contributed by atoms with Crippen LogP contribution in [0.25, 0.3) is 0 Å². The van der Waals surface area contributed by atoms with Crippen molar-refractivity contribution >= 4 is 11.8 Å². The van der Waals surface area contributed by atoms with Crippen LogP contribution in [0.5, 0.6) is 0 Å². The molecule has 9 nitrogen and oxygen atoms in total. The van der Waals surface area contributed by atoms with E-state index in [-0.39, 0.29) is 23.6 Å². The minimum atomic E-state index is -0.218. The van der Waals surface area contributed by atoms with E-state index in [1.807, 2.05) is 0 Å². The topological polar surface area (TPSA) is 102 Å². The fraction of sp³-hybridized carbons (Fsp3) is 0.529. The van der Waals surface area contributed by atoms with Gasteiger partial charge in [-0.05, 0) is 19.3 Å². The molecule has 3 heterocycles. The third-order valence-corrected chi connectivity index (χ3v) is 4.35. The van der Waals surface area contributed by atoms with Crippen LogP contribution in [0.15, 0.2) is 27.9 Å². The first-order valence-corrected chi connectivity index (χ1v) is 8.52. The van der Waals surface area contributed by atoms with Gasteiger partial charge in [-0.2, -0.15) is 0 Å². The monoisotopic (exact) mass is 362 g/mol. The Hall–Kier alpha value is -2.68. The molecule has 9 heteroatoms. The van der Waals surface area contributed by atoms with Crippen LogP contribution in [0.2, 0.25) is 0 Å². The number of amides is 2. The predicted molar refractivity (Wildman–Crippen MR) is 89.5 cm³/mol. The summed E-state index contributed by atoms with van der Waals surface area (Å²) >= 11 is 0. The average molecular weight is 362 g/mol. The zero-order valence-corrected chi connectivity index (χ0v) is 14.9. The fourth-order valence-electron chi connectivity index (χ4n) is 2.87. The maximum absolute atomic E-state index is 12.6. The van der Waals surface area contributed by atoms with Gasteiger partial charge in [0.1, 0.15) is 12.4 Å². The highest BCUT2D eigenvalue weighted by Crippen LogP contribution is 2.30. The zero-order valence-electron chi connectivity index (χ0n) is 14.9. The largest absolute Gasteiger partial charge is 0.451 e. The smallest absolute Gasteiger partial charge is 0.275 e. The molecule has 1 fully saturated rings. The summed E-state index contributed by atoms with van der Waals surface area (Å²) in [6, 6.07) is 0. The Morgan fingerprint density at radius 2 is 1.92 bits per heavy atom. The van der Waals surface area contributed by atoms with Crippen LogP contribution in [0.3, 0.4) is 0 Å². The molecule has 2 aromatic heterocycles. The lowest BCUT2D eigenvalue weighted by Gasteiger charge is -2.20. The molecule has 0 saturated carbocycles. The van der Waals surface area contributed by atoms with Gasteiger partial charge >= 0.3 is 0 Å². The van der Waals surface area contributed by atoms with Gasteiger partial charge < -0.3 is 23.4 Å². The lowest BCUT2D eigenvalue weighted by atomic mass is 10.1. The van der Waals surface area contributed by atoms with Crippen molar-refractivity contribution in [2.24, 2.45) is 0 Å². The summed E-state index contributed by atoms with van der Waals surface area (Å²) in [5.41, 5.74) is 0.562. The van der Waals surface area contributed by atoms with Gasteiger partial charge in [-0.3, -0.25) is 9.59 Å². The Labute approximate surface area is 150 Å². The predicted octanol–water partition coefficient (Wildman–Crippen LogP) is 1.75. The maximum Gasteiger partial charge on any atom is 0.275 e. The van der Waals surface area contributed by atoms with Gasteiger partial charge in [0.15, 0.2) is 29.9 Å². The molecule has 0 aliphatic carbocycles. The van der Waals surface area contributed by atoms with Crippen molar-refractivity contribution in [3.63, 3.8) is 0 Å². The molecule has 0 bridgehead atoms. The van der Waals surface area contributed by atoms with Crippen molar-refractivity contribution in [2.75, 3.05) is 33.8 Å². The van der Waals surface area contributed by atoms with Gasteiger partial charge in [0.05, 0.1) is 0 Å². The normalized spacial score (nSPS) is 16.6. The molecular formula is C17H22N4O5. The summed E-state index contributed by atoms with van der Waals surface area (Å²) in [5.74, 6) is 0.0670. The van der Waals surface area contributed by atoms with Gasteiger partial charge in [-0.1, -0.05) is 0 Å². The fourth-order valence-corrected chi connectivity index (χ4v) is 2.87. The lowest BCUT2D eigenvalue weighted by Crippen LogP contribution is -2.33. The van der Waals surface area contributed by atoms with E-state index < -0.39 is 0 Å². The third kappa shape index (κ3) is 3.93. The van der Waals surface area contributed by atoms with Crippen molar-refractivity contribution < 1.29 is 23.2 Å². The van der Waals surface area contributed by atoms with Gasteiger partial charge in [-0.15, -0.1) is 0 Å². The Balaban J connectivity index is 1.50. The number of aromatic nitrogens is 2. The Morgan fingerprint density at radius 3 is 2.58 bits per heavy atom. The zero-order chi connectivity index (χ0) is 18.5. The van der Waals surface area contributed by atoms with Crippen LogP contribution in [0.1, 0.15) is 52.1 Å². The number of carbonyl (C=O) groups excluding carboxylic acids is 2. The van der Waals surface area contributed by atoms with E-state index in [9.17, 15) is 9.59 Å². The molecule has 2 amide bonds. The Bertz CT molecular complexity index is 736. The summed E-state index contributed by atoms with van der Waals surface area (Å²) in [7, 11) is 3.39. The molecule has 0 spiro atoms. The Kier molecular flexibility index (Phi) is 5.67. The van der Waals surface area contributed by atoms with Crippen molar-refractivity contribution in [3.05, 3.63) is 36.2 Å². The summed E-state index contributed by atoms with van der Waals surface area (Å²) in [6.45, 7) is 1.63. The molecule has 1 aliphatic heterocycles. The highest BCUT2D eigenvalue weighted by Gasteiger charge is 2.29. The summed E-state index contributed by atoms with van der Waals surface area (Å²) in [5, 5.41) is 0. The van der Waals surface area contributed by atoms with E-state index >= 15 is 0 Å². The van der Waals surface area contributed by atoms with Crippen LogP contribution < -0.4 is 0 Å². The molecule has 0 aromatic carbocycles. The Morgan fingerprint density at radius 1 is 1.15 bits per heavy atom. The molecule has 0 radical (unpaired) electrons. The number of ether oxygens (including phenoxy) is 1. The first-order valence-electron chi connectivity index (χ1n) is 8.52. The molecule has 26 heavy (non-hydrogen) atoms. The van der Waals surface area contributed by atoms with Crippen LogP contribution in [-0.4, -0.2) is 65.4 Å². The molecule has 2 aromatic rings. The second-order valence-electron chi connectivity index (χ2n) is 6.25. The van der Waals surface area contributed by atoms with E-state index in [0.717, 1.165) is 12.8 Å². The summed E-state index contributed by atoms with van der Waals surface area (Å²) < 4.78 is 15.8. The van der Waals surface area contributed by atoms with Gasteiger partial charge in [0.2, 0.25) is 0 Å². The van der Waals surface area contributed by atoms with Gasteiger partial charge in [-0.25, -0.2) is 9.97 Å². The molecule has 140 valence electrons. The molecular weight excluding hydrogens is 340 g/mol. The minimum absolute atomic E-state index is 0.198. The molecule has 1 unspecified atom stereocenters. The van der Waals surface area contributed by atoms with Crippen molar-refractivity contribution in [1.29, 1.82) is 0 Å². The van der Waals surface area contributed by atoms with E-state index in [2.05, 4.69) is 9.97 Å². The van der Waals surface area contributed by atoms with Crippen molar-refractivity contribution in [3.8, 4) is 0 Å². The van der Waals surface area contributed by atoms with Gasteiger partial charge in [0.25, 0.3) is 11.8 Å². The molecule has 1 saturated heterocycles. The second-order valence-corrected chi connectivity index (χ2v) is 6.25. The number of oxazole rings is 2. The second kappa shape index (κ2) is 8.13. The third-order valence-electron chi connectivity index (χ3n) is 4.35. The number of rotatable bonds is 7. The van der Waals surface area contributed by atoms with E-state index in [1.165, 1.54) is 19.1 Å². The number of nitrogens with zero attached hydrogens (tertiary/aromatic N) is 4. The first kappa shape index (κ1) is 18.1. The van der Waals surface area contributed by atoms with Gasteiger partial charge in [0, 0.05) is 33.8 Å². The maximum atomic E-state index is 12.6. The lowest BCUT2D eigenvalue weighted by molar-refractivity contribution is 0.0733. The van der Waals surface area contributed by atoms with E-state index in [1.54, 1.807) is 23.9 Å². The van der Waals surface area contributed by atoms with Crippen molar-refractivity contribution in [2.45, 2.75) is 25.4 Å². The number of carbonyl (C=O) groups is 2. The molecule has 0 N–H and O–H groups in total. The average Bonchev–Trinajstić information content (AvgIpc) is 3.41. The highest BCUT2D eigenvalue weighted by atomic mass is 16.5. The van der Waals surface area contributed by atoms with E-state index in [4.69, 9.17) is 13.6 Å². The minimum Gasteiger partial charge on any atom is -0.451 e. The summed E-state index contributed by atoms with van der Waals surface area (Å²) in [6.07, 6.45) is 6.01. The molecule has 1 atom stereocenters. The van der Waals surface area contributed by atoms with Crippen LogP contribution in [0, 0.1) is 0 Å². The van der Waals surface area contributed by atoms with Crippen LogP contribution in [-0.2, 0) is 4.74 Å². The molecule has 1 aliphatic rings. The quantitative estimate of drug-likeness (QED) is 0.739. The number of hydrogen-bond donors (Lipinski definition) is 0. The first-order chi connectivity index (χ1) is 12.6. The summed E-state index contributed by atoms with van der Waals surface area (Å²) in [4.78, 5) is 35.7. The van der Waals surface area contributed by atoms with Crippen LogP contribution in [0.4, 0.5) is 0 Å². The highest BCUT2D eigenvalue weighted by molar-refractivity contribution is 5.93. The SMILES string of the molecule is CN(CCCN(C)C(=O)c1ncoc1C1CCCO1)C(=O)c1cocn1. The van der Waals surface area contributed by atoms with Crippen LogP contribution >= 0.6 is 0 Å². The molecule has 3 rings (SSSR count).